The predicted molar refractivity (Wildman–Crippen MR) is 64.7 cm³/mol. The summed E-state index contributed by atoms with van der Waals surface area (Å²) in [6, 6.07) is 0. The highest BCUT2D eigenvalue weighted by molar-refractivity contribution is 5.73. The molecule has 0 saturated heterocycles. The summed E-state index contributed by atoms with van der Waals surface area (Å²) >= 11 is 0. The minimum absolute atomic E-state index is 0.644. The fraction of sp³-hybridized carbons (Fsp3) is 0.750. The van der Waals surface area contributed by atoms with Gasteiger partial charge in [-0.05, 0) is 33.1 Å². The number of rotatable bonds is 7. The molecule has 0 amide bonds. The topological polar surface area (TPSA) is 68.0 Å². The van der Waals surface area contributed by atoms with Gasteiger partial charge >= 0.3 is 5.97 Å². The van der Waals surface area contributed by atoms with Crippen molar-refractivity contribution in [3.8, 4) is 0 Å². The second-order valence-electron chi connectivity index (χ2n) is 5.02. The summed E-state index contributed by atoms with van der Waals surface area (Å²) in [7, 11) is 0. The summed E-state index contributed by atoms with van der Waals surface area (Å²) in [5, 5.41) is 17.0. The third-order valence-corrected chi connectivity index (χ3v) is 2.86. The van der Waals surface area contributed by atoms with Gasteiger partial charge < -0.3 is 5.11 Å². The molecule has 0 unspecified atom stereocenters. The number of carboxylic acid groups (broad SMARTS) is 1. The summed E-state index contributed by atoms with van der Waals surface area (Å²) in [5.41, 5.74) is 0.345. The maximum absolute atomic E-state index is 10.9. The molecule has 1 heterocycles. The van der Waals surface area contributed by atoms with Crippen LogP contribution >= 0.6 is 0 Å². The second-order valence-corrected chi connectivity index (χ2v) is 5.02. The molecule has 0 aliphatic heterocycles. The van der Waals surface area contributed by atoms with Crippen LogP contribution in [0, 0.1) is 5.41 Å². The summed E-state index contributed by atoms with van der Waals surface area (Å²) in [5.74, 6) is -0.747. The quantitative estimate of drug-likeness (QED) is 0.791. The van der Waals surface area contributed by atoms with E-state index in [0.29, 0.717) is 6.42 Å². The largest absolute Gasteiger partial charge is 0.481 e. The zero-order chi connectivity index (χ0) is 12.9. The van der Waals surface area contributed by atoms with Gasteiger partial charge in [0.1, 0.15) is 0 Å². The summed E-state index contributed by atoms with van der Waals surface area (Å²) < 4.78 is 1.79. The van der Waals surface area contributed by atoms with Gasteiger partial charge in [0.25, 0.3) is 0 Å². The smallest absolute Gasteiger partial charge is 0.309 e. The Kier molecular flexibility index (Phi) is 4.66. The predicted octanol–water partition coefficient (Wildman–Crippen LogP) is 2.12. The van der Waals surface area contributed by atoms with E-state index in [1.807, 2.05) is 6.20 Å². The van der Waals surface area contributed by atoms with Crippen molar-refractivity contribution in [2.45, 2.75) is 53.0 Å². The molecule has 0 spiro atoms. The molecule has 1 aromatic rings. The first-order valence-electron chi connectivity index (χ1n) is 6.08. The van der Waals surface area contributed by atoms with Crippen LogP contribution in [0.25, 0.3) is 0 Å². The van der Waals surface area contributed by atoms with Gasteiger partial charge in [0.05, 0.1) is 11.1 Å². The van der Waals surface area contributed by atoms with E-state index in [9.17, 15) is 4.79 Å². The average molecular weight is 239 g/mol. The van der Waals surface area contributed by atoms with Crippen LogP contribution in [0.2, 0.25) is 0 Å². The molecule has 1 aromatic heterocycles. The fourth-order valence-electron chi connectivity index (χ4n) is 1.61. The molecule has 0 aliphatic rings. The third-order valence-electron chi connectivity index (χ3n) is 2.86. The zero-order valence-corrected chi connectivity index (χ0v) is 10.8. The Morgan fingerprint density at radius 2 is 2.24 bits per heavy atom. The van der Waals surface area contributed by atoms with Crippen LogP contribution in [-0.2, 0) is 17.8 Å². The monoisotopic (exact) mass is 239 g/mol. The molecule has 1 rings (SSSR count). The molecule has 96 valence electrons. The van der Waals surface area contributed by atoms with E-state index in [1.165, 1.54) is 0 Å². The number of carbonyl (C=O) groups is 1. The molecule has 0 bridgehead atoms. The molecule has 0 radical (unpaired) electrons. The SMILES string of the molecule is CCCc1cn(CCCC(C)(C)C(=O)O)nn1. The number of hydrogen-bond donors (Lipinski definition) is 1. The maximum atomic E-state index is 10.9. The van der Waals surface area contributed by atoms with Gasteiger partial charge in [0.15, 0.2) is 0 Å². The van der Waals surface area contributed by atoms with Crippen molar-refractivity contribution in [1.29, 1.82) is 0 Å². The Balaban J connectivity index is 2.38. The molecule has 5 nitrogen and oxygen atoms in total. The second kappa shape index (κ2) is 5.80. The molecule has 5 heteroatoms. The number of aryl methyl sites for hydroxylation is 2. The average Bonchev–Trinajstić information content (AvgIpc) is 2.66. The Hall–Kier alpha value is -1.39. The molecule has 17 heavy (non-hydrogen) atoms. The van der Waals surface area contributed by atoms with Gasteiger partial charge in [0.2, 0.25) is 0 Å². The van der Waals surface area contributed by atoms with E-state index in [4.69, 9.17) is 5.11 Å². The lowest BCUT2D eigenvalue weighted by Crippen LogP contribution is -2.23. The maximum Gasteiger partial charge on any atom is 0.309 e. The molecule has 1 N–H and O–H groups in total. The van der Waals surface area contributed by atoms with Gasteiger partial charge in [-0.2, -0.15) is 0 Å². The van der Waals surface area contributed by atoms with Crippen LogP contribution in [0.15, 0.2) is 6.20 Å². The Morgan fingerprint density at radius 1 is 1.53 bits per heavy atom. The van der Waals surface area contributed by atoms with Crippen molar-refractivity contribution in [2.75, 3.05) is 0 Å². The summed E-state index contributed by atoms with van der Waals surface area (Å²) in [6.07, 6.45) is 5.39. The minimum atomic E-state index is -0.747. The van der Waals surface area contributed by atoms with Crippen LogP contribution in [0.1, 0.15) is 45.7 Å². The minimum Gasteiger partial charge on any atom is -0.481 e. The number of aliphatic carboxylic acids is 1. The van der Waals surface area contributed by atoms with E-state index >= 15 is 0 Å². The van der Waals surface area contributed by atoms with E-state index in [2.05, 4.69) is 17.2 Å². The normalized spacial score (nSPS) is 11.7. The molecule has 0 fully saturated rings. The lowest BCUT2D eigenvalue weighted by atomic mass is 9.88. The Labute approximate surface area is 102 Å². The fourth-order valence-corrected chi connectivity index (χ4v) is 1.61. The van der Waals surface area contributed by atoms with Crippen LogP contribution in [0.5, 0.6) is 0 Å². The molecule has 0 aromatic carbocycles. The molecular weight excluding hydrogens is 218 g/mol. The number of carboxylic acids is 1. The van der Waals surface area contributed by atoms with Gasteiger partial charge in [-0.25, -0.2) is 0 Å². The van der Waals surface area contributed by atoms with Crippen LogP contribution in [-0.4, -0.2) is 26.1 Å². The lowest BCUT2D eigenvalue weighted by molar-refractivity contribution is -0.147. The highest BCUT2D eigenvalue weighted by atomic mass is 16.4. The first-order chi connectivity index (χ1) is 7.95. The van der Waals surface area contributed by atoms with Gasteiger partial charge in [-0.1, -0.05) is 18.6 Å². The Bertz CT molecular complexity index is 372. The third kappa shape index (κ3) is 4.17. The first-order valence-corrected chi connectivity index (χ1v) is 6.08. The zero-order valence-electron chi connectivity index (χ0n) is 10.8. The number of aromatic nitrogens is 3. The van der Waals surface area contributed by atoms with E-state index in [1.54, 1.807) is 18.5 Å². The molecule has 0 atom stereocenters. The number of nitrogens with zero attached hydrogens (tertiary/aromatic N) is 3. The van der Waals surface area contributed by atoms with E-state index < -0.39 is 11.4 Å². The van der Waals surface area contributed by atoms with Crippen molar-refractivity contribution >= 4 is 5.97 Å². The summed E-state index contributed by atoms with van der Waals surface area (Å²) in [6.45, 7) is 6.33. The van der Waals surface area contributed by atoms with Crippen molar-refractivity contribution in [2.24, 2.45) is 5.41 Å². The van der Waals surface area contributed by atoms with Crippen LogP contribution < -0.4 is 0 Å². The van der Waals surface area contributed by atoms with Crippen molar-refractivity contribution in [3.63, 3.8) is 0 Å². The molecule has 0 aliphatic carbocycles. The van der Waals surface area contributed by atoms with Gasteiger partial charge in [-0.3, -0.25) is 9.48 Å². The van der Waals surface area contributed by atoms with E-state index in [0.717, 1.165) is 31.5 Å². The van der Waals surface area contributed by atoms with Crippen molar-refractivity contribution in [1.82, 2.24) is 15.0 Å². The highest BCUT2D eigenvalue weighted by Gasteiger charge is 2.26. The van der Waals surface area contributed by atoms with Crippen LogP contribution in [0.4, 0.5) is 0 Å². The summed E-state index contributed by atoms with van der Waals surface area (Å²) in [4.78, 5) is 10.9. The van der Waals surface area contributed by atoms with Crippen LogP contribution in [0.3, 0.4) is 0 Å². The van der Waals surface area contributed by atoms with E-state index in [-0.39, 0.29) is 0 Å². The standard InChI is InChI=1S/C12H21N3O2/c1-4-6-10-9-15(14-13-10)8-5-7-12(2,3)11(16)17/h9H,4-8H2,1-3H3,(H,16,17). The molecule has 0 saturated carbocycles. The van der Waals surface area contributed by atoms with Crippen molar-refractivity contribution < 1.29 is 9.90 Å². The molecular formula is C12H21N3O2. The number of hydrogen-bond acceptors (Lipinski definition) is 3. The van der Waals surface area contributed by atoms with Gasteiger partial charge in [-0.15, -0.1) is 5.10 Å². The van der Waals surface area contributed by atoms with Gasteiger partial charge in [0, 0.05) is 12.7 Å². The first kappa shape index (κ1) is 13.7. The lowest BCUT2D eigenvalue weighted by Gasteiger charge is -2.18. The Morgan fingerprint density at radius 3 is 2.82 bits per heavy atom. The van der Waals surface area contributed by atoms with Crippen molar-refractivity contribution in [3.05, 3.63) is 11.9 Å². The highest BCUT2D eigenvalue weighted by Crippen LogP contribution is 2.22.